The maximum Gasteiger partial charge on any atom is 0.246 e. The van der Waals surface area contributed by atoms with E-state index in [9.17, 15) is 17.6 Å². The van der Waals surface area contributed by atoms with Gasteiger partial charge in [-0.2, -0.15) is 4.31 Å². The van der Waals surface area contributed by atoms with E-state index in [2.05, 4.69) is 5.32 Å². The first-order chi connectivity index (χ1) is 8.91. The molecule has 1 saturated heterocycles. The molecule has 0 spiro atoms. The van der Waals surface area contributed by atoms with Crippen LogP contribution in [0.15, 0.2) is 23.1 Å². The number of benzene rings is 1. The molecule has 1 aliphatic rings. The molecular formula is C12H15FN2O3S. The third kappa shape index (κ3) is 2.93. The van der Waals surface area contributed by atoms with Gasteiger partial charge in [-0.3, -0.25) is 4.79 Å². The van der Waals surface area contributed by atoms with Crippen molar-refractivity contribution in [2.75, 3.05) is 19.6 Å². The average Bonchev–Trinajstić information content (AvgIpc) is 2.57. The molecule has 0 aromatic heterocycles. The fraction of sp³-hybridized carbons (Fsp3) is 0.417. The van der Waals surface area contributed by atoms with Crippen LogP contribution in [0.5, 0.6) is 0 Å². The predicted molar refractivity (Wildman–Crippen MR) is 67.5 cm³/mol. The van der Waals surface area contributed by atoms with E-state index < -0.39 is 15.8 Å². The number of nitrogens with one attached hydrogen (secondary N) is 1. The van der Waals surface area contributed by atoms with E-state index in [4.69, 9.17) is 0 Å². The molecule has 1 fully saturated rings. The summed E-state index contributed by atoms with van der Waals surface area (Å²) in [5.41, 5.74) is 0.652. The van der Waals surface area contributed by atoms with Crippen molar-refractivity contribution in [3.8, 4) is 0 Å². The summed E-state index contributed by atoms with van der Waals surface area (Å²) in [4.78, 5) is 11.0. The summed E-state index contributed by atoms with van der Waals surface area (Å²) >= 11 is 0. The molecule has 1 N–H and O–H groups in total. The highest BCUT2D eigenvalue weighted by Gasteiger charge is 2.30. The summed E-state index contributed by atoms with van der Waals surface area (Å²) in [5.74, 6) is -1.16. The van der Waals surface area contributed by atoms with Crippen molar-refractivity contribution in [3.05, 3.63) is 29.6 Å². The molecule has 104 valence electrons. The van der Waals surface area contributed by atoms with Gasteiger partial charge in [0.2, 0.25) is 15.9 Å². The molecule has 0 radical (unpaired) electrons. The molecule has 1 heterocycles. The van der Waals surface area contributed by atoms with Gasteiger partial charge in [0.15, 0.2) is 0 Å². The van der Waals surface area contributed by atoms with Gasteiger partial charge in [0.1, 0.15) is 10.7 Å². The summed E-state index contributed by atoms with van der Waals surface area (Å²) in [5, 5.41) is 2.59. The van der Waals surface area contributed by atoms with Gasteiger partial charge in [0, 0.05) is 13.1 Å². The van der Waals surface area contributed by atoms with Crippen molar-refractivity contribution in [1.29, 1.82) is 0 Å². The molecule has 1 aromatic rings. The normalized spacial score (nSPS) is 17.9. The lowest BCUT2D eigenvalue weighted by molar-refractivity contribution is -0.120. The van der Waals surface area contributed by atoms with Crippen LogP contribution in [0.3, 0.4) is 0 Å². The molecule has 0 aliphatic carbocycles. The average molecular weight is 286 g/mol. The zero-order valence-corrected chi connectivity index (χ0v) is 11.3. The highest BCUT2D eigenvalue weighted by atomic mass is 32.2. The fourth-order valence-electron chi connectivity index (χ4n) is 1.93. The lowest BCUT2D eigenvalue weighted by Crippen LogP contribution is -2.37. The third-order valence-corrected chi connectivity index (χ3v) is 4.79. The topological polar surface area (TPSA) is 66.5 Å². The van der Waals surface area contributed by atoms with Crippen molar-refractivity contribution in [2.24, 2.45) is 0 Å². The minimum absolute atomic E-state index is 0.203. The van der Waals surface area contributed by atoms with Gasteiger partial charge in [-0.05, 0) is 31.0 Å². The smallest absolute Gasteiger partial charge is 0.246 e. The molecule has 7 heteroatoms. The van der Waals surface area contributed by atoms with Gasteiger partial charge in [-0.25, -0.2) is 12.8 Å². The maximum absolute atomic E-state index is 13.7. The second kappa shape index (κ2) is 5.26. The highest BCUT2D eigenvalue weighted by molar-refractivity contribution is 7.89. The molecule has 0 saturated carbocycles. The monoisotopic (exact) mass is 286 g/mol. The van der Waals surface area contributed by atoms with Gasteiger partial charge in [-0.15, -0.1) is 0 Å². The van der Waals surface area contributed by atoms with Gasteiger partial charge < -0.3 is 5.32 Å². The largest absolute Gasteiger partial charge is 0.355 e. The first-order valence-corrected chi connectivity index (χ1v) is 7.38. The maximum atomic E-state index is 13.7. The Hall–Kier alpha value is -1.47. The number of amides is 1. The van der Waals surface area contributed by atoms with E-state index in [1.165, 1.54) is 12.1 Å². The van der Waals surface area contributed by atoms with Gasteiger partial charge in [-0.1, -0.05) is 6.07 Å². The Bertz CT molecular complexity index is 601. The molecule has 1 aromatic carbocycles. The molecule has 2 rings (SSSR count). The minimum Gasteiger partial charge on any atom is -0.355 e. The standard InChI is InChI=1S/C12H15FN2O3S/c1-9-3-4-10(13)11(7-9)19(17,18)15-6-2-5-14-12(16)8-15/h3-4,7H,2,5-6,8H2,1H3,(H,14,16). The Kier molecular flexibility index (Phi) is 3.86. The number of carbonyl (C=O) groups excluding carboxylic acids is 1. The number of hydrogen-bond donors (Lipinski definition) is 1. The quantitative estimate of drug-likeness (QED) is 0.868. The van der Waals surface area contributed by atoms with Crippen LogP contribution in [0.25, 0.3) is 0 Å². The predicted octanol–water partition coefficient (Wildman–Crippen LogP) is 0.645. The molecular weight excluding hydrogens is 271 g/mol. The minimum atomic E-state index is -3.97. The van der Waals surface area contributed by atoms with E-state index in [0.29, 0.717) is 18.5 Å². The summed E-state index contributed by atoms with van der Waals surface area (Å²) < 4.78 is 39.5. The summed E-state index contributed by atoms with van der Waals surface area (Å²) in [7, 11) is -3.97. The van der Waals surface area contributed by atoms with Crippen molar-refractivity contribution in [2.45, 2.75) is 18.2 Å². The third-order valence-electron chi connectivity index (χ3n) is 2.93. The van der Waals surface area contributed by atoms with E-state index >= 15 is 0 Å². The summed E-state index contributed by atoms with van der Waals surface area (Å²) in [6.45, 7) is 2.05. The Labute approximate surface area is 111 Å². The van der Waals surface area contributed by atoms with Gasteiger partial charge >= 0.3 is 0 Å². The SMILES string of the molecule is Cc1ccc(F)c(S(=O)(=O)N2CCCNC(=O)C2)c1. The van der Waals surface area contributed by atoms with Crippen LogP contribution in [-0.2, 0) is 14.8 Å². The van der Waals surface area contributed by atoms with Crippen molar-refractivity contribution < 1.29 is 17.6 Å². The molecule has 0 atom stereocenters. The van der Waals surface area contributed by atoms with Crippen molar-refractivity contribution in [1.82, 2.24) is 9.62 Å². The zero-order chi connectivity index (χ0) is 14.0. The van der Waals surface area contributed by atoms with E-state index in [0.717, 1.165) is 10.4 Å². The fourth-order valence-corrected chi connectivity index (χ4v) is 3.51. The van der Waals surface area contributed by atoms with Crippen LogP contribution >= 0.6 is 0 Å². The number of aryl methyl sites for hydroxylation is 1. The number of sulfonamides is 1. The lowest BCUT2D eigenvalue weighted by atomic mass is 10.2. The van der Waals surface area contributed by atoms with Crippen LogP contribution in [0.4, 0.5) is 4.39 Å². The molecule has 0 bridgehead atoms. The Morgan fingerprint density at radius 1 is 1.37 bits per heavy atom. The van der Waals surface area contributed by atoms with E-state index in [1.54, 1.807) is 6.92 Å². The first-order valence-electron chi connectivity index (χ1n) is 5.94. The zero-order valence-electron chi connectivity index (χ0n) is 10.5. The number of halogens is 1. The molecule has 19 heavy (non-hydrogen) atoms. The molecule has 0 unspecified atom stereocenters. The molecule has 1 amide bonds. The molecule has 1 aliphatic heterocycles. The number of hydrogen-bond acceptors (Lipinski definition) is 3. The Morgan fingerprint density at radius 3 is 2.84 bits per heavy atom. The summed E-state index contributed by atoms with van der Waals surface area (Å²) in [6.07, 6.45) is 0.512. The van der Waals surface area contributed by atoms with E-state index in [1.807, 2.05) is 0 Å². The van der Waals surface area contributed by atoms with Crippen molar-refractivity contribution in [3.63, 3.8) is 0 Å². The van der Waals surface area contributed by atoms with Crippen LogP contribution < -0.4 is 5.32 Å². The van der Waals surface area contributed by atoms with Crippen LogP contribution in [0.2, 0.25) is 0 Å². The second-order valence-electron chi connectivity index (χ2n) is 4.48. The summed E-state index contributed by atoms with van der Waals surface area (Å²) in [6, 6.07) is 3.91. The van der Waals surface area contributed by atoms with Crippen LogP contribution in [-0.4, -0.2) is 38.3 Å². The second-order valence-corrected chi connectivity index (χ2v) is 6.38. The Morgan fingerprint density at radius 2 is 2.11 bits per heavy atom. The lowest BCUT2D eigenvalue weighted by Gasteiger charge is -2.19. The van der Waals surface area contributed by atoms with Crippen LogP contribution in [0, 0.1) is 12.7 Å². The van der Waals surface area contributed by atoms with Gasteiger partial charge in [0.25, 0.3) is 0 Å². The van der Waals surface area contributed by atoms with Gasteiger partial charge in [0.05, 0.1) is 6.54 Å². The Balaban J connectivity index is 2.40. The number of nitrogens with zero attached hydrogens (tertiary/aromatic N) is 1. The number of rotatable bonds is 2. The first kappa shape index (κ1) is 14.0. The molecule has 5 nitrogen and oxygen atoms in total. The van der Waals surface area contributed by atoms with E-state index in [-0.39, 0.29) is 23.9 Å². The van der Waals surface area contributed by atoms with Crippen LogP contribution in [0.1, 0.15) is 12.0 Å². The number of carbonyl (C=O) groups is 1. The van der Waals surface area contributed by atoms with Crippen molar-refractivity contribution >= 4 is 15.9 Å². The highest BCUT2D eigenvalue weighted by Crippen LogP contribution is 2.21.